The molecule has 32 heavy (non-hydrogen) atoms. The molecule has 4 saturated heterocycles. The Hall–Kier alpha value is -2.00. The summed E-state index contributed by atoms with van der Waals surface area (Å²) in [5.74, 6) is 1.35. The number of methoxy groups -OCH3 is 1. The Morgan fingerprint density at radius 2 is 1.88 bits per heavy atom. The van der Waals surface area contributed by atoms with E-state index in [0.717, 1.165) is 36.3 Å². The predicted molar refractivity (Wildman–Crippen MR) is 114 cm³/mol. The van der Waals surface area contributed by atoms with E-state index in [1.807, 2.05) is 42.1 Å². The Morgan fingerprint density at radius 3 is 2.66 bits per heavy atom. The van der Waals surface area contributed by atoms with Crippen LogP contribution in [0.4, 0.5) is 0 Å². The molecule has 5 aliphatic rings. The smallest absolute Gasteiger partial charge is 0.201 e. The van der Waals surface area contributed by atoms with Gasteiger partial charge in [0, 0.05) is 23.8 Å². The van der Waals surface area contributed by atoms with Crippen LogP contribution in [0, 0.1) is 23.7 Å². The summed E-state index contributed by atoms with van der Waals surface area (Å²) < 4.78 is 20.2. The summed E-state index contributed by atoms with van der Waals surface area (Å²) in [4.78, 5) is 12.1. The molecule has 5 fully saturated rings. The van der Waals surface area contributed by atoms with Crippen LogP contribution in [0.5, 0.6) is 5.75 Å². The SMILES string of the molecule is COc1ccc(-c2cn([C@@H]3O[C@@H]4O[C@]5(C)CC[C@H]6[C@H](C)CC[C@@H]([C@H]3C)[C@@]46OO5)nn2)cc1. The van der Waals surface area contributed by atoms with Gasteiger partial charge in [0.15, 0.2) is 18.1 Å². The highest BCUT2D eigenvalue weighted by Crippen LogP contribution is 2.61. The normalized spacial score (nSPS) is 42.9. The summed E-state index contributed by atoms with van der Waals surface area (Å²) >= 11 is 0. The fraction of sp³-hybridized carbons (Fsp3) is 0.667. The van der Waals surface area contributed by atoms with E-state index in [2.05, 4.69) is 24.2 Å². The van der Waals surface area contributed by atoms with Crippen molar-refractivity contribution < 1.29 is 24.0 Å². The Balaban J connectivity index is 1.34. The molecular formula is C24H31N3O5. The van der Waals surface area contributed by atoms with Crippen molar-refractivity contribution in [2.45, 2.75) is 70.4 Å². The van der Waals surface area contributed by atoms with Gasteiger partial charge in [0.05, 0.1) is 13.3 Å². The number of hydrogen-bond donors (Lipinski definition) is 0. The number of nitrogens with zero attached hydrogens (tertiary/aromatic N) is 3. The Labute approximate surface area is 188 Å². The van der Waals surface area contributed by atoms with Gasteiger partial charge in [-0.2, -0.15) is 0 Å². The first-order chi connectivity index (χ1) is 15.4. The second-order valence-corrected chi connectivity index (χ2v) is 10.1. The van der Waals surface area contributed by atoms with Gasteiger partial charge in [0.25, 0.3) is 0 Å². The Morgan fingerprint density at radius 1 is 1.06 bits per heavy atom. The van der Waals surface area contributed by atoms with E-state index >= 15 is 0 Å². The van der Waals surface area contributed by atoms with Crippen LogP contribution in [-0.4, -0.2) is 39.8 Å². The molecule has 0 amide bonds. The quantitative estimate of drug-likeness (QED) is 0.656. The van der Waals surface area contributed by atoms with Crippen LogP contribution in [0.3, 0.4) is 0 Å². The van der Waals surface area contributed by atoms with E-state index in [-0.39, 0.29) is 18.1 Å². The molecule has 2 aromatic rings. The average molecular weight is 442 g/mol. The van der Waals surface area contributed by atoms with E-state index in [4.69, 9.17) is 24.0 Å². The molecule has 1 aromatic carbocycles. The number of fused-ring (bicyclic) bond motifs is 2. The van der Waals surface area contributed by atoms with Crippen molar-refractivity contribution in [3.8, 4) is 17.0 Å². The van der Waals surface area contributed by atoms with Crippen LogP contribution < -0.4 is 4.74 Å². The van der Waals surface area contributed by atoms with E-state index in [1.54, 1.807) is 7.11 Å². The molecule has 0 unspecified atom stereocenters. The Bertz CT molecular complexity index is 996. The van der Waals surface area contributed by atoms with Crippen molar-refractivity contribution in [1.82, 2.24) is 15.0 Å². The molecule has 5 heterocycles. The predicted octanol–water partition coefficient (Wildman–Crippen LogP) is 4.33. The zero-order chi connectivity index (χ0) is 22.1. The van der Waals surface area contributed by atoms with Crippen LogP contribution in [0.25, 0.3) is 11.3 Å². The molecule has 4 aliphatic heterocycles. The first-order valence-corrected chi connectivity index (χ1v) is 11.7. The molecule has 2 bridgehead atoms. The van der Waals surface area contributed by atoms with Gasteiger partial charge in [-0.05, 0) is 62.3 Å². The summed E-state index contributed by atoms with van der Waals surface area (Å²) in [7, 11) is 1.66. The lowest BCUT2D eigenvalue weighted by atomic mass is 9.58. The first kappa shape index (κ1) is 20.6. The average Bonchev–Trinajstić information content (AvgIpc) is 3.18. The topological polar surface area (TPSA) is 76.9 Å². The molecule has 0 N–H and O–H groups in total. The third-order valence-corrected chi connectivity index (χ3v) is 8.28. The minimum absolute atomic E-state index is 0.168. The molecule has 0 radical (unpaired) electrons. The van der Waals surface area contributed by atoms with E-state index in [1.165, 1.54) is 6.42 Å². The lowest BCUT2D eigenvalue weighted by Gasteiger charge is -2.60. The fourth-order valence-corrected chi connectivity index (χ4v) is 6.48. The van der Waals surface area contributed by atoms with Crippen molar-refractivity contribution in [2.24, 2.45) is 23.7 Å². The van der Waals surface area contributed by atoms with Gasteiger partial charge >= 0.3 is 0 Å². The zero-order valence-electron chi connectivity index (χ0n) is 19.1. The standard InChI is InChI=1S/C24H31N3O5/c1-14-5-10-19-15(2)21(27-13-20(25-26-27)16-6-8-17(28-4)9-7-16)29-22-24(19)18(14)11-12-23(3,30-22)31-32-24/h6-9,13-15,18-19,21-22H,5,10-12H2,1-4H3/t14-,15-,18+,19+,21-,22-,23+,24-/m1/s1. The van der Waals surface area contributed by atoms with Crippen molar-refractivity contribution in [1.29, 1.82) is 0 Å². The van der Waals surface area contributed by atoms with E-state index in [9.17, 15) is 0 Å². The van der Waals surface area contributed by atoms with Crippen LogP contribution in [-0.2, 0) is 19.2 Å². The van der Waals surface area contributed by atoms with Gasteiger partial charge in [-0.1, -0.05) is 19.1 Å². The lowest BCUT2D eigenvalue weighted by Crippen LogP contribution is -2.69. The molecule has 172 valence electrons. The van der Waals surface area contributed by atoms with Gasteiger partial charge in [0.1, 0.15) is 11.4 Å². The molecule has 1 aromatic heterocycles. The van der Waals surface area contributed by atoms with E-state index in [0.29, 0.717) is 11.8 Å². The Kier molecular flexibility index (Phi) is 4.67. The maximum absolute atomic E-state index is 6.64. The van der Waals surface area contributed by atoms with Gasteiger partial charge in [0.2, 0.25) is 5.79 Å². The highest BCUT2D eigenvalue weighted by Gasteiger charge is 2.69. The maximum Gasteiger partial charge on any atom is 0.201 e. The molecular weight excluding hydrogens is 410 g/mol. The number of benzene rings is 1. The van der Waals surface area contributed by atoms with Crippen molar-refractivity contribution in [3.05, 3.63) is 30.5 Å². The summed E-state index contributed by atoms with van der Waals surface area (Å²) in [6.45, 7) is 6.50. The third kappa shape index (κ3) is 2.89. The van der Waals surface area contributed by atoms with E-state index < -0.39 is 17.7 Å². The minimum Gasteiger partial charge on any atom is -0.497 e. The first-order valence-electron chi connectivity index (χ1n) is 11.7. The molecule has 1 spiro atoms. The van der Waals surface area contributed by atoms with Crippen molar-refractivity contribution in [2.75, 3.05) is 7.11 Å². The minimum atomic E-state index is -0.778. The van der Waals surface area contributed by atoms with Crippen LogP contribution in [0.2, 0.25) is 0 Å². The second-order valence-electron chi connectivity index (χ2n) is 10.1. The number of rotatable bonds is 3. The summed E-state index contributed by atoms with van der Waals surface area (Å²) in [5, 5.41) is 8.87. The van der Waals surface area contributed by atoms with Crippen LogP contribution in [0.15, 0.2) is 30.5 Å². The van der Waals surface area contributed by atoms with Gasteiger partial charge in [-0.15, -0.1) is 5.10 Å². The molecule has 8 nitrogen and oxygen atoms in total. The molecule has 1 aliphatic carbocycles. The monoisotopic (exact) mass is 441 g/mol. The van der Waals surface area contributed by atoms with Crippen LogP contribution >= 0.6 is 0 Å². The van der Waals surface area contributed by atoms with Gasteiger partial charge in [-0.3, -0.25) is 0 Å². The fourth-order valence-electron chi connectivity index (χ4n) is 6.48. The number of ether oxygens (including phenoxy) is 3. The van der Waals surface area contributed by atoms with Gasteiger partial charge < -0.3 is 14.2 Å². The summed E-state index contributed by atoms with van der Waals surface area (Å²) in [6, 6.07) is 7.82. The third-order valence-electron chi connectivity index (χ3n) is 8.28. The summed E-state index contributed by atoms with van der Waals surface area (Å²) in [6.07, 6.45) is 5.25. The molecule has 1 saturated carbocycles. The van der Waals surface area contributed by atoms with Crippen molar-refractivity contribution >= 4 is 0 Å². The summed E-state index contributed by atoms with van der Waals surface area (Å²) in [5.41, 5.74) is 1.22. The number of hydrogen-bond acceptors (Lipinski definition) is 7. The second kappa shape index (κ2) is 7.25. The highest BCUT2D eigenvalue weighted by molar-refractivity contribution is 5.58. The zero-order valence-corrected chi connectivity index (χ0v) is 19.1. The largest absolute Gasteiger partial charge is 0.497 e. The molecule has 8 atom stereocenters. The number of aromatic nitrogens is 3. The molecule has 7 rings (SSSR count). The maximum atomic E-state index is 6.64. The highest BCUT2D eigenvalue weighted by atomic mass is 17.3. The van der Waals surface area contributed by atoms with Crippen molar-refractivity contribution in [3.63, 3.8) is 0 Å². The van der Waals surface area contributed by atoms with Gasteiger partial charge in [-0.25, -0.2) is 14.5 Å². The van der Waals surface area contributed by atoms with Crippen LogP contribution in [0.1, 0.15) is 52.7 Å². The lowest BCUT2D eigenvalue weighted by molar-refractivity contribution is -0.574. The molecule has 8 heteroatoms.